The van der Waals surface area contributed by atoms with E-state index in [4.69, 9.17) is 5.11 Å². The van der Waals surface area contributed by atoms with Gasteiger partial charge in [0, 0.05) is 0 Å². The van der Waals surface area contributed by atoms with E-state index in [2.05, 4.69) is 10.6 Å². The zero-order chi connectivity index (χ0) is 11.8. The fourth-order valence-corrected chi connectivity index (χ4v) is 0.730. The number of carbonyl (C=O) groups is 4. The molecule has 0 aliphatic carbocycles. The van der Waals surface area contributed by atoms with Gasteiger partial charge in [-0.2, -0.15) is 0 Å². The van der Waals surface area contributed by atoms with Crippen molar-refractivity contribution >= 4 is 23.6 Å². The number of hydrogen-bond donors (Lipinski definition) is 3. The average Bonchev–Trinajstić information content (AvgIpc) is 2.00. The number of carbonyl (C=O) groups excluding carboxylic acids is 3. The highest BCUT2D eigenvalue weighted by Crippen LogP contribution is 1.81. The van der Waals surface area contributed by atoms with Crippen LogP contribution in [0.4, 0.5) is 0 Å². The summed E-state index contributed by atoms with van der Waals surface area (Å²) < 4.78 is 0. The number of amides is 2. The first-order chi connectivity index (χ1) is 6.91. The van der Waals surface area contributed by atoms with Gasteiger partial charge in [-0.3, -0.25) is 19.2 Å². The van der Waals surface area contributed by atoms with E-state index in [0.29, 0.717) is 0 Å². The van der Waals surface area contributed by atoms with Gasteiger partial charge in [-0.15, -0.1) is 0 Å². The summed E-state index contributed by atoms with van der Waals surface area (Å²) in [5.41, 5.74) is 0. The molecule has 0 aromatic heterocycles. The van der Waals surface area contributed by atoms with Crippen molar-refractivity contribution in [2.45, 2.75) is 19.8 Å². The van der Waals surface area contributed by atoms with Crippen LogP contribution < -0.4 is 10.6 Å². The summed E-state index contributed by atoms with van der Waals surface area (Å²) in [7, 11) is 0. The Balaban J connectivity index is 3.61. The molecule has 84 valence electrons. The molecule has 0 heterocycles. The van der Waals surface area contributed by atoms with E-state index in [9.17, 15) is 19.2 Å². The van der Waals surface area contributed by atoms with Crippen molar-refractivity contribution in [2.24, 2.45) is 0 Å². The molecule has 3 N–H and O–H groups in total. The topological polar surface area (TPSA) is 113 Å². The van der Waals surface area contributed by atoms with Gasteiger partial charge in [0.2, 0.25) is 11.8 Å². The molecule has 0 radical (unpaired) electrons. The van der Waals surface area contributed by atoms with Crippen molar-refractivity contribution in [1.82, 2.24) is 10.6 Å². The lowest BCUT2D eigenvalue weighted by Crippen LogP contribution is -2.38. The average molecular weight is 216 g/mol. The van der Waals surface area contributed by atoms with Gasteiger partial charge in [0.1, 0.15) is 12.2 Å². The predicted molar refractivity (Wildman–Crippen MR) is 48.7 cm³/mol. The molecular formula is C8H12N2O5. The number of aliphatic carboxylic acids is 1. The Morgan fingerprint density at radius 2 is 1.47 bits per heavy atom. The van der Waals surface area contributed by atoms with E-state index in [0.717, 1.165) is 0 Å². The number of carboxylic acids is 1. The van der Waals surface area contributed by atoms with Crippen LogP contribution in [0.2, 0.25) is 0 Å². The van der Waals surface area contributed by atoms with Crippen LogP contribution >= 0.6 is 0 Å². The highest BCUT2D eigenvalue weighted by molar-refractivity contribution is 5.97. The maximum Gasteiger partial charge on any atom is 0.312 e. The van der Waals surface area contributed by atoms with Crippen LogP contribution in [0, 0.1) is 0 Å². The van der Waals surface area contributed by atoms with Gasteiger partial charge in [0.25, 0.3) is 0 Å². The van der Waals surface area contributed by atoms with Crippen molar-refractivity contribution in [3.63, 3.8) is 0 Å². The molecule has 0 bridgehead atoms. The SMILES string of the molecule is CC(=O)CC(=O)NCNC(=O)CC(=O)O. The van der Waals surface area contributed by atoms with Crippen LogP contribution in [-0.4, -0.2) is 35.3 Å². The van der Waals surface area contributed by atoms with E-state index in [-0.39, 0.29) is 18.9 Å². The molecule has 0 aliphatic rings. The minimum atomic E-state index is -1.25. The molecule has 0 fully saturated rings. The summed E-state index contributed by atoms with van der Waals surface area (Å²) in [5.74, 6) is -2.75. The number of nitrogens with one attached hydrogen (secondary N) is 2. The molecule has 0 spiro atoms. The van der Waals surface area contributed by atoms with E-state index in [1.807, 2.05) is 0 Å². The summed E-state index contributed by atoms with van der Waals surface area (Å²) in [6.07, 6.45) is -0.905. The van der Waals surface area contributed by atoms with E-state index < -0.39 is 24.2 Å². The Morgan fingerprint density at radius 1 is 1.00 bits per heavy atom. The van der Waals surface area contributed by atoms with Gasteiger partial charge in [-0.1, -0.05) is 0 Å². The van der Waals surface area contributed by atoms with E-state index in [1.165, 1.54) is 6.92 Å². The van der Waals surface area contributed by atoms with Gasteiger partial charge in [-0.25, -0.2) is 0 Å². The Hall–Kier alpha value is -1.92. The zero-order valence-corrected chi connectivity index (χ0v) is 8.20. The molecule has 0 saturated carbocycles. The lowest BCUT2D eigenvalue weighted by Gasteiger charge is -2.04. The minimum Gasteiger partial charge on any atom is -0.481 e. The molecule has 0 unspecified atom stereocenters. The fraction of sp³-hybridized carbons (Fsp3) is 0.500. The second kappa shape index (κ2) is 6.52. The lowest BCUT2D eigenvalue weighted by molar-refractivity contribution is -0.140. The molecule has 7 nitrogen and oxygen atoms in total. The third-order valence-corrected chi connectivity index (χ3v) is 1.29. The third-order valence-electron chi connectivity index (χ3n) is 1.29. The highest BCUT2D eigenvalue weighted by Gasteiger charge is 2.07. The molecule has 0 aromatic rings. The fourth-order valence-electron chi connectivity index (χ4n) is 0.730. The molecule has 0 aromatic carbocycles. The molecule has 0 rings (SSSR count). The summed E-state index contributed by atoms with van der Waals surface area (Å²) >= 11 is 0. The predicted octanol–water partition coefficient (Wildman–Crippen LogP) is -1.37. The quantitative estimate of drug-likeness (QED) is 0.374. The Labute approximate surface area is 85.8 Å². The standard InChI is InChI=1S/C8H12N2O5/c1-5(11)2-6(12)9-4-10-7(13)3-8(14)15/h2-4H2,1H3,(H,9,12)(H,10,13)(H,14,15). The van der Waals surface area contributed by atoms with Crippen molar-refractivity contribution < 1.29 is 24.3 Å². The Bertz CT molecular complexity index is 259. The highest BCUT2D eigenvalue weighted by atomic mass is 16.4. The molecule has 0 aliphatic heterocycles. The van der Waals surface area contributed by atoms with Crippen LogP contribution in [0.5, 0.6) is 0 Å². The maximum atomic E-state index is 10.9. The number of Topliss-reactive ketones (excluding diaryl/α,β-unsaturated/α-hetero) is 1. The summed E-state index contributed by atoms with van der Waals surface area (Å²) in [5, 5.41) is 12.6. The van der Waals surface area contributed by atoms with Crippen LogP contribution in [0.15, 0.2) is 0 Å². The van der Waals surface area contributed by atoms with Crippen LogP contribution in [0.1, 0.15) is 19.8 Å². The first-order valence-corrected chi connectivity index (χ1v) is 4.16. The number of rotatable bonds is 6. The van der Waals surface area contributed by atoms with Crippen LogP contribution in [0.3, 0.4) is 0 Å². The Morgan fingerprint density at radius 3 is 1.87 bits per heavy atom. The Kier molecular flexibility index (Phi) is 5.69. The summed E-state index contributed by atoms with van der Waals surface area (Å²) in [4.78, 5) is 42.1. The largest absolute Gasteiger partial charge is 0.481 e. The maximum absolute atomic E-state index is 10.9. The van der Waals surface area contributed by atoms with Crippen molar-refractivity contribution in [2.75, 3.05) is 6.67 Å². The van der Waals surface area contributed by atoms with E-state index >= 15 is 0 Å². The monoisotopic (exact) mass is 216 g/mol. The van der Waals surface area contributed by atoms with Crippen molar-refractivity contribution in [3.05, 3.63) is 0 Å². The van der Waals surface area contributed by atoms with Gasteiger partial charge in [0.05, 0.1) is 13.1 Å². The zero-order valence-electron chi connectivity index (χ0n) is 8.20. The van der Waals surface area contributed by atoms with Gasteiger partial charge < -0.3 is 15.7 Å². The molecule has 2 amide bonds. The molecule has 7 heteroatoms. The van der Waals surface area contributed by atoms with Crippen molar-refractivity contribution in [3.8, 4) is 0 Å². The first kappa shape index (κ1) is 13.1. The third kappa shape index (κ3) is 8.41. The lowest BCUT2D eigenvalue weighted by atomic mass is 10.3. The minimum absolute atomic E-state index is 0.182. The second-order valence-corrected chi connectivity index (χ2v) is 2.83. The smallest absolute Gasteiger partial charge is 0.312 e. The van der Waals surface area contributed by atoms with Crippen molar-refractivity contribution in [1.29, 1.82) is 0 Å². The molecular weight excluding hydrogens is 204 g/mol. The molecule has 0 saturated heterocycles. The van der Waals surface area contributed by atoms with Gasteiger partial charge in [0.15, 0.2) is 0 Å². The van der Waals surface area contributed by atoms with Gasteiger partial charge >= 0.3 is 5.97 Å². The first-order valence-electron chi connectivity index (χ1n) is 4.16. The van der Waals surface area contributed by atoms with E-state index in [1.54, 1.807) is 0 Å². The normalized spacial score (nSPS) is 9.13. The summed E-state index contributed by atoms with van der Waals surface area (Å²) in [6.45, 7) is 1.08. The number of hydrogen-bond acceptors (Lipinski definition) is 4. The van der Waals surface area contributed by atoms with Gasteiger partial charge in [-0.05, 0) is 6.92 Å². The van der Waals surface area contributed by atoms with Crippen LogP contribution in [0.25, 0.3) is 0 Å². The second-order valence-electron chi connectivity index (χ2n) is 2.83. The number of ketones is 1. The number of carboxylic acid groups (broad SMARTS) is 1. The molecule has 0 atom stereocenters. The summed E-state index contributed by atoms with van der Waals surface area (Å²) in [6, 6.07) is 0. The van der Waals surface area contributed by atoms with Crippen LogP contribution in [-0.2, 0) is 19.2 Å². The molecule has 15 heavy (non-hydrogen) atoms.